The van der Waals surface area contributed by atoms with Gasteiger partial charge >= 0.3 is 5.97 Å². The number of benzene rings is 4. The monoisotopic (exact) mass is 539 g/mol. The third-order valence-corrected chi connectivity index (χ3v) is 6.20. The molecule has 0 heterocycles. The molecule has 0 saturated heterocycles. The first-order valence-corrected chi connectivity index (χ1v) is 12.4. The highest BCUT2D eigenvalue weighted by Crippen LogP contribution is 2.44. The van der Waals surface area contributed by atoms with Crippen LogP contribution in [-0.2, 0) is 26.4 Å². The molecule has 184 valence electrons. The van der Waals surface area contributed by atoms with Crippen LogP contribution in [0.1, 0.15) is 22.3 Å². The van der Waals surface area contributed by atoms with Gasteiger partial charge in [0.25, 0.3) is 0 Å². The number of halogens is 3. The smallest absolute Gasteiger partial charge is 0.329 e. The molecule has 0 radical (unpaired) electrons. The molecule has 0 aromatic heterocycles. The van der Waals surface area contributed by atoms with E-state index in [1.165, 1.54) is 0 Å². The topological polar surface area (TPSA) is 47.6 Å². The minimum atomic E-state index is -1.99. The van der Waals surface area contributed by atoms with E-state index < -0.39 is 21.6 Å². The van der Waals surface area contributed by atoms with Crippen molar-refractivity contribution in [1.29, 1.82) is 0 Å². The van der Waals surface area contributed by atoms with Crippen LogP contribution in [-0.4, -0.2) is 16.0 Å². The summed E-state index contributed by atoms with van der Waals surface area (Å²) in [6.45, 7) is 0. The molecule has 0 bridgehead atoms. The number of rotatable bonds is 9. The van der Waals surface area contributed by atoms with Gasteiger partial charge in [-0.05, 0) is 22.3 Å². The van der Waals surface area contributed by atoms with Gasteiger partial charge in [-0.1, -0.05) is 156 Å². The lowest BCUT2D eigenvalue weighted by Gasteiger charge is -2.40. The molecular weight excluding hydrogens is 517 g/mol. The summed E-state index contributed by atoms with van der Waals surface area (Å²) in [6, 6.07) is 38.1. The van der Waals surface area contributed by atoms with Gasteiger partial charge in [0, 0.05) is 0 Å². The highest BCUT2D eigenvalue weighted by atomic mass is 35.6. The van der Waals surface area contributed by atoms with Crippen molar-refractivity contribution < 1.29 is 14.4 Å². The van der Waals surface area contributed by atoms with Crippen molar-refractivity contribution in [3.05, 3.63) is 144 Å². The molecule has 0 aliphatic heterocycles. The van der Waals surface area contributed by atoms with Gasteiger partial charge in [0.15, 0.2) is 6.23 Å². The zero-order valence-electron chi connectivity index (χ0n) is 19.2. The Labute approximate surface area is 225 Å². The predicted octanol–water partition coefficient (Wildman–Crippen LogP) is 6.98. The average Bonchev–Trinajstić information content (AvgIpc) is 2.90. The number of ether oxygens (including phenoxy) is 1. The summed E-state index contributed by atoms with van der Waals surface area (Å²) in [6.07, 6.45) is -1.29. The molecule has 0 aliphatic rings. The highest BCUT2D eigenvalue weighted by Gasteiger charge is 2.46. The maximum absolute atomic E-state index is 12.5. The zero-order valence-corrected chi connectivity index (χ0v) is 21.5. The highest BCUT2D eigenvalue weighted by molar-refractivity contribution is 6.68. The summed E-state index contributed by atoms with van der Waals surface area (Å²) >= 11 is 19.1. The summed E-state index contributed by atoms with van der Waals surface area (Å²) in [5, 5.41) is 0. The van der Waals surface area contributed by atoms with Crippen LogP contribution in [0.5, 0.6) is 0 Å². The Kier molecular flexibility index (Phi) is 8.68. The van der Waals surface area contributed by atoms with E-state index in [9.17, 15) is 4.79 Å². The van der Waals surface area contributed by atoms with Crippen LogP contribution in [0.15, 0.2) is 121 Å². The first-order valence-electron chi connectivity index (χ1n) is 11.3. The Balaban J connectivity index is 1.73. The summed E-state index contributed by atoms with van der Waals surface area (Å²) in [5.74, 6) is -0.547. The third kappa shape index (κ3) is 6.28. The SMILES string of the molecule is O=C(Cc1ccccc1)ON[C@@H](OC(c1ccccc1)(c1ccccc1)c1ccccc1)C(Cl)(Cl)Cl. The van der Waals surface area contributed by atoms with E-state index in [0.717, 1.165) is 22.3 Å². The Morgan fingerprint density at radius 3 is 1.44 bits per heavy atom. The second kappa shape index (κ2) is 11.9. The van der Waals surface area contributed by atoms with E-state index in [0.29, 0.717) is 0 Å². The summed E-state index contributed by atoms with van der Waals surface area (Å²) < 4.78 is 4.69. The molecule has 4 aromatic carbocycles. The number of hydrogen-bond donors (Lipinski definition) is 1. The molecule has 1 N–H and O–H groups in total. The third-order valence-electron chi connectivity index (χ3n) is 5.60. The standard InChI is InChI=1S/C29H24Cl3NO3/c30-29(31,32)27(33-36-26(34)21-22-13-5-1-6-14-22)35-28(23-15-7-2-8-16-23,24-17-9-3-10-18-24)25-19-11-4-12-20-25/h1-20,27,33H,21H2/t27-/m0/s1. The van der Waals surface area contributed by atoms with Gasteiger partial charge < -0.3 is 9.57 Å². The van der Waals surface area contributed by atoms with E-state index >= 15 is 0 Å². The Morgan fingerprint density at radius 1 is 0.667 bits per heavy atom. The number of carbonyl (C=O) groups is 1. The lowest BCUT2D eigenvalue weighted by atomic mass is 9.80. The zero-order chi connectivity index (χ0) is 25.4. The quantitative estimate of drug-likeness (QED) is 0.108. The molecule has 0 spiro atoms. The molecule has 4 aromatic rings. The fraction of sp³-hybridized carbons (Fsp3) is 0.138. The van der Waals surface area contributed by atoms with Crippen molar-refractivity contribution in [2.45, 2.75) is 22.0 Å². The van der Waals surface area contributed by atoms with Crippen LogP contribution < -0.4 is 5.48 Å². The van der Waals surface area contributed by atoms with E-state index in [-0.39, 0.29) is 6.42 Å². The number of alkyl halides is 3. The van der Waals surface area contributed by atoms with Crippen molar-refractivity contribution >= 4 is 40.8 Å². The van der Waals surface area contributed by atoms with Gasteiger partial charge in [-0.2, -0.15) is 0 Å². The summed E-state index contributed by atoms with van der Waals surface area (Å²) in [7, 11) is 0. The largest absolute Gasteiger partial charge is 0.368 e. The molecule has 36 heavy (non-hydrogen) atoms. The van der Waals surface area contributed by atoms with E-state index in [4.69, 9.17) is 44.4 Å². The van der Waals surface area contributed by atoms with Crippen LogP contribution in [0, 0.1) is 0 Å². The van der Waals surface area contributed by atoms with Crippen LogP contribution in [0.3, 0.4) is 0 Å². The van der Waals surface area contributed by atoms with Gasteiger partial charge in [0.1, 0.15) is 5.60 Å². The van der Waals surface area contributed by atoms with Crippen LogP contribution >= 0.6 is 34.8 Å². The summed E-state index contributed by atoms with van der Waals surface area (Å²) in [5.41, 5.74) is 4.59. The molecular formula is C29H24Cl3NO3. The number of nitrogens with one attached hydrogen (secondary N) is 1. The normalized spacial score (nSPS) is 12.6. The second-order valence-electron chi connectivity index (χ2n) is 8.07. The molecule has 0 saturated carbocycles. The molecule has 0 amide bonds. The Bertz CT molecular complexity index is 1140. The van der Waals surface area contributed by atoms with Crippen LogP contribution in [0.4, 0.5) is 0 Å². The van der Waals surface area contributed by atoms with E-state index in [2.05, 4.69) is 5.48 Å². The fourth-order valence-electron chi connectivity index (χ4n) is 3.98. The minimum absolute atomic E-state index is 0.0433. The van der Waals surface area contributed by atoms with Gasteiger partial charge in [-0.3, -0.25) is 4.79 Å². The first kappa shape index (κ1) is 26.2. The maximum atomic E-state index is 12.5. The molecule has 0 fully saturated rings. The molecule has 7 heteroatoms. The minimum Gasteiger partial charge on any atom is -0.368 e. The first-order chi connectivity index (χ1) is 17.4. The van der Waals surface area contributed by atoms with Crippen molar-refractivity contribution in [3.63, 3.8) is 0 Å². The van der Waals surface area contributed by atoms with Crippen molar-refractivity contribution in [2.75, 3.05) is 0 Å². The second-order valence-corrected chi connectivity index (χ2v) is 10.4. The summed E-state index contributed by atoms with van der Waals surface area (Å²) in [4.78, 5) is 17.9. The number of carbonyl (C=O) groups excluding carboxylic acids is 1. The van der Waals surface area contributed by atoms with Crippen LogP contribution in [0.25, 0.3) is 0 Å². The van der Waals surface area contributed by atoms with Crippen molar-refractivity contribution in [1.82, 2.24) is 5.48 Å². The van der Waals surface area contributed by atoms with Crippen molar-refractivity contribution in [3.8, 4) is 0 Å². The van der Waals surface area contributed by atoms with Gasteiger partial charge in [-0.25, -0.2) is 0 Å². The molecule has 0 unspecified atom stereocenters. The average molecular weight is 541 g/mol. The van der Waals surface area contributed by atoms with E-state index in [1.54, 1.807) is 0 Å². The number of hydroxylamine groups is 1. The van der Waals surface area contributed by atoms with Gasteiger partial charge in [0.05, 0.1) is 6.42 Å². The van der Waals surface area contributed by atoms with Crippen molar-refractivity contribution in [2.24, 2.45) is 0 Å². The van der Waals surface area contributed by atoms with Gasteiger partial charge in [-0.15, -0.1) is 5.48 Å². The lowest BCUT2D eigenvalue weighted by Crippen LogP contribution is -2.50. The van der Waals surface area contributed by atoms with Gasteiger partial charge in [0.2, 0.25) is 3.79 Å². The lowest BCUT2D eigenvalue weighted by molar-refractivity contribution is -0.170. The van der Waals surface area contributed by atoms with Crippen LogP contribution in [0.2, 0.25) is 0 Å². The Morgan fingerprint density at radius 2 is 1.06 bits per heavy atom. The predicted molar refractivity (Wildman–Crippen MR) is 144 cm³/mol. The van der Waals surface area contributed by atoms with E-state index in [1.807, 2.05) is 121 Å². The molecule has 4 nitrogen and oxygen atoms in total. The molecule has 4 rings (SSSR count). The fourth-order valence-corrected chi connectivity index (χ4v) is 4.24. The molecule has 0 aliphatic carbocycles. The molecule has 1 atom stereocenters. The number of hydrogen-bond acceptors (Lipinski definition) is 4. The maximum Gasteiger partial charge on any atom is 0.329 e. The Hall–Kier alpha value is -2.86.